The molecule has 98 valence electrons. The molecule has 0 spiro atoms. The van der Waals surface area contributed by atoms with Gasteiger partial charge in [0.05, 0.1) is 0 Å². The predicted octanol–water partition coefficient (Wildman–Crippen LogP) is 1.57. The van der Waals surface area contributed by atoms with Crippen molar-refractivity contribution in [2.45, 2.75) is 32.2 Å². The van der Waals surface area contributed by atoms with Crippen LogP contribution in [0.15, 0.2) is 18.2 Å². The summed E-state index contributed by atoms with van der Waals surface area (Å²) in [6.07, 6.45) is 1.85. The van der Waals surface area contributed by atoms with Crippen LogP contribution in [0, 0.1) is 6.92 Å². The van der Waals surface area contributed by atoms with Crippen LogP contribution in [0.1, 0.15) is 35.7 Å². The highest BCUT2D eigenvalue weighted by atomic mass is 16.3. The third-order valence-electron chi connectivity index (χ3n) is 3.67. The number of carbonyl (C=O) groups excluding carboxylic acids is 1. The highest BCUT2D eigenvalue weighted by molar-refractivity contribution is 5.96. The van der Waals surface area contributed by atoms with Crippen LogP contribution < -0.4 is 10.6 Å². The largest absolute Gasteiger partial charge is 0.508 e. The molecule has 1 amide bonds. The first-order valence-electron chi connectivity index (χ1n) is 6.34. The van der Waals surface area contributed by atoms with E-state index in [0.717, 1.165) is 25.9 Å². The van der Waals surface area contributed by atoms with E-state index in [2.05, 4.69) is 17.6 Å². The lowest BCUT2D eigenvalue weighted by molar-refractivity contribution is 0.0886. The molecule has 0 aliphatic carbocycles. The quantitative estimate of drug-likeness (QED) is 0.744. The van der Waals surface area contributed by atoms with E-state index in [1.54, 1.807) is 25.1 Å². The van der Waals surface area contributed by atoms with E-state index >= 15 is 0 Å². The number of carbonyl (C=O) groups is 1. The first kappa shape index (κ1) is 12.9. The Morgan fingerprint density at radius 3 is 2.72 bits per heavy atom. The van der Waals surface area contributed by atoms with Crippen molar-refractivity contribution in [2.24, 2.45) is 0 Å². The Bertz CT molecular complexity index is 451. The summed E-state index contributed by atoms with van der Waals surface area (Å²) in [6.45, 7) is 5.68. The minimum absolute atomic E-state index is 0.104. The Hall–Kier alpha value is -1.55. The van der Waals surface area contributed by atoms with E-state index in [-0.39, 0.29) is 17.2 Å². The van der Waals surface area contributed by atoms with Gasteiger partial charge in [0.25, 0.3) is 5.91 Å². The molecule has 1 aliphatic rings. The number of aromatic hydroxyl groups is 1. The van der Waals surface area contributed by atoms with E-state index in [0.29, 0.717) is 11.1 Å². The van der Waals surface area contributed by atoms with Crippen LogP contribution in [0.3, 0.4) is 0 Å². The fourth-order valence-corrected chi connectivity index (χ4v) is 2.31. The zero-order valence-corrected chi connectivity index (χ0v) is 10.9. The molecular weight excluding hydrogens is 228 g/mol. The van der Waals surface area contributed by atoms with Crippen molar-refractivity contribution in [1.82, 2.24) is 10.6 Å². The molecule has 1 aromatic carbocycles. The molecule has 3 N–H and O–H groups in total. The number of piperidine rings is 1. The Kier molecular flexibility index (Phi) is 3.57. The van der Waals surface area contributed by atoms with E-state index in [1.165, 1.54) is 0 Å². The number of nitrogens with one attached hydrogen (secondary N) is 2. The maximum atomic E-state index is 12.2. The smallest absolute Gasteiger partial charge is 0.252 e. The zero-order valence-electron chi connectivity index (χ0n) is 10.9. The lowest BCUT2D eigenvalue weighted by Gasteiger charge is -2.35. The molecule has 0 unspecified atom stereocenters. The van der Waals surface area contributed by atoms with Crippen molar-refractivity contribution in [3.05, 3.63) is 29.3 Å². The van der Waals surface area contributed by atoms with Gasteiger partial charge >= 0.3 is 0 Å². The first-order chi connectivity index (χ1) is 8.52. The lowest BCUT2D eigenvalue weighted by Crippen LogP contribution is -2.52. The number of phenols is 1. The zero-order chi connectivity index (χ0) is 13.2. The topological polar surface area (TPSA) is 61.4 Å². The van der Waals surface area contributed by atoms with Crippen LogP contribution in [-0.4, -0.2) is 29.6 Å². The Balaban J connectivity index is 2.14. The molecule has 18 heavy (non-hydrogen) atoms. The molecule has 1 aromatic rings. The van der Waals surface area contributed by atoms with Gasteiger partial charge < -0.3 is 15.7 Å². The van der Waals surface area contributed by atoms with Gasteiger partial charge in [-0.05, 0) is 51.9 Å². The number of hydrogen-bond donors (Lipinski definition) is 3. The number of amides is 1. The van der Waals surface area contributed by atoms with Crippen LogP contribution >= 0.6 is 0 Å². The van der Waals surface area contributed by atoms with Gasteiger partial charge in [-0.2, -0.15) is 0 Å². The van der Waals surface area contributed by atoms with E-state index in [4.69, 9.17) is 0 Å². The maximum absolute atomic E-state index is 12.2. The SMILES string of the molecule is Cc1c(O)cccc1C(=O)NC1(C)CCNCC1. The van der Waals surface area contributed by atoms with Crippen LogP contribution in [0.25, 0.3) is 0 Å². The molecule has 1 heterocycles. The van der Waals surface area contributed by atoms with Crippen LogP contribution in [-0.2, 0) is 0 Å². The molecule has 1 aliphatic heterocycles. The van der Waals surface area contributed by atoms with Gasteiger partial charge in [0.1, 0.15) is 5.75 Å². The van der Waals surface area contributed by atoms with E-state index in [1.807, 2.05) is 0 Å². The molecule has 2 rings (SSSR count). The van der Waals surface area contributed by atoms with E-state index in [9.17, 15) is 9.90 Å². The molecule has 0 atom stereocenters. The molecule has 4 heteroatoms. The first-order valence-corrected chi connectivity index (χ1v) is 6.34. The number of rotatable bonds is 2. The molecule has 0 radical (unpaired) electrons. The second-order valence-corrected chi connectivity index (χ2v) is 5.21. The van der Waals surface area contributed by atoms with Gasteiger partial charge in [-0.15, -0.1) is 0 Å². The van der Waals surface area contributed by atoms with Crippen molar-refractivity contribution in [1.29, 1.82) is 0 Å². The van der Waals surface area contributed by atoms with Gasteiger partial charge in [0.2, 0.25) is 0 Å². The molecule has 1 fully saturated rings. The molecule has 1 saturated heterocycles. The second-order valence-electron chi connectivity index (χ2n) is 5.21. The molecule has 0 aromatic heterocycles. The standard InChI is InChI=1S/C14H20N2O2/c1-10-11(4-3-5-12(10)17)13(18)16-14(2)6-8-15-9-7-14/h3-5,15,17H,6-9H2,1-2H3,(H,16,18). The summed E-state index contributed by atoms with van der Waals surface area (Å²) in [7, 11) is 0. The number of hydrogen-bond acceptors (Lipinski definition) is 3. The normalized spacial score (nSPS) is 18.3. The summed E-state index contributed by atoms with van der Waals surface area (Å²) < 4.78 is 0. The van der Waals surface area contributed by atoms with Crippen molar-refractivity contribution in [3.8, 4) is 5.75 Å². The Morgan fingerprint density at radius 1 is 1.39 bits per heavy atom. The summed E-state index contributed by atoms with van der Waals surface area (Å²) >= 11 is 0. The van der Waals surface area contributed by atoms with Gasteiger partial charge in [0, 0.05) is 16.7 Å². The fraction of sp³-hybridized carbons (Fsp3) is 0.500. The minimum atomic E-state index is -0.153. The second kappa shape index (κ2) is 4.98. The lowest BCUT2D eigenvalue weighted by atomic mass is 9.90. The minimum Gasteiger partial charge on any atom is -0.508 e. The number of benzene rings is 1. The van der Waals surface area contributed by atoms with Crippen LogP contribution in [0.2, 0.25) is 0 Å². The average molecular weight is 248 g/mol. The summed E-state index contributed by atoms with van der Waals surface area (Å²) in [6, 6.07) is 5.04. The third-order valence-corrected chi connectivity index (χ3v) is 3.67. The van der Waals surface area contributed by atoms with Gasteiger partial charge in [0.15, 0.2) is 0 Å². The van der Waals surface area contributed by atoms with Crippen molar-refractivity contribution in [3.63, 3.8) is 0 Å². The van der Waals surface area contributed by atoms with Crippen molar-refractivity contribution >= 4 is 5.91 Å². The van der Waals surface area contributed by atoms with E-state index < -0.39 is 0 Å². The molecule has 0 saturated carbocycles. The predicted molar refractivity (Wildman–Crippen MR) is 70.8 cm³/mol. The van der Waals surface area contributed by atoms with Gasteiger partial charge in [-0.25, -0.2) is 0 Å². The molecular formula is C14H20N2O2. The summed E-state index contributed by atoms with van der Waals surface area (Å²) in [5, 5.41) is 16.0. The third kappa shape index (κ3) is 2.64. The monoisotopic (exact) mass is 248 g/mol. The molecule has 4 nitrogen and oxygen atoms in total. The maximum Gasteiger partial charge on any atom is 0.252 e. The van der Waals surface area contributed by atoms with Crippen molar-refractivity contribution < 1.29 is 9.90 Å². The Morgan fingerprint density at radius 2 is 2.06 bits per heavy atom. The summed E-state index contributed by atoms with van der Waals surface area (Å²) in [4.78, 5) is 12.2. The van der Waals surface area contributed by atoms with Gasteiger partial charge in [-0.1, -0.05) is 6.07 Å². The van der Waals surface area contributed by atoms with Gasteiger partial charge in [-0.3, -0.25) is 4.79 Å². The number of phenolic OH excluding ortho intramolecular Hbond substituents is 1. The highest BCUT2D eigenvalue weighted by Crippen LogP contribution is 2.22. The fourth-order valence-electron chi connectivity index (χ4n) is 2.31. The highest BCUT2D eigenvalue weighted by Gasteiger charge is 2.29. The summed E-state index contributed by atoms with van der Waals surface area (Å²) in [5.74, 6) is 0.0610. The molecule has 0 bridgehead atoms. The Labute approximate surface area is 107 Å². The summed E-state index contributed by atoms with van der Waals surface area (Å²) in [5.41, 5.74) is 1.03. The van der Waals surface area contributed by atoms with Crippen LogP contribution in [0.4, 0.5) is 0 Å². The average Bonchev–Trinajstić information content (AvgIpc) is 2.33. The van der Waals surface area contributed by atoms with Crippen molar-refractivity contribution in [2.75, 3.05) is 13.1 Å². The van der Waals surface area contributed by atoms with Crippen LogP contribution in [0.5, 0.6) is 5.75 Å².